The number of hydrazone groups is 1. The van der Waals surface area contributed by atoms with Crippen LogP contribution in [0.3, 0.4) is 0 Å². The average molecular weight is 180 g/mol. The van der Waals surface area contributed by atoms with Gasteiger partial charge in [-0.1, -0.05) is 13.8 Å². The minimum absolute atomic E-state index is 0.657. The minimum atomic E-state index is 0.657. The molecule has 0 aliphatic heterocycles. The van der Waals surface area contributed by atoms with Crippen LogP contribution in [0.4, 0.5) is 0 Å². The number of hydrogen-bond acceptors (Lipinski definition) is 2. The maximum atomic E-state index is 5.20. The van der Waals surface area contributed by atoms with Crippen LogP contribution in [0.25, 0.3) is 0 Å². The molecule has 0 spiro atoms. The van der Waals surface area contributed by atoms with Gasteiger partial charge in [0.1, 0.15) is 0 Å². The summed E-state index contributed by atoms with van der Waals surface area (Å²) in [5.74, 6) is 2.60. The molecule has 0 aromatic heterocycles. The molecule has 13 heavy (non-hydrogen) atoms. The van der Waals surface area contributed by atoms with Crippen molar-refractivity contribution in [2.24, 2.45) is 5.10 Å². The maximum Gasteiger partial charge on any atom is 0.0486 e. The highest BCUT2D eigenvalue weighted by Crippen LogP contribution is 1.97. The topological polar surface area (TPSA) is 15.6 Å². The van der Waals surface area contributed by atoms with Gasteiger partial charge in [0, 0.05) is 25.2 Å². The summed E-state index contributed by atoms with van der Waals surface area (Å²) in [7, 11) is 0. The van der Waals surface area contributed by atoms with E-state index < -0.39 is 0 Å². The van der Waals surface area contributed by atoms with Crippen LogP contribution in [-0.4, -0.2) is 23.8 Å². The fourth-order valence-corrected chi connectivity index (χ4v) is 1.15. The molecular weight excluding hydrogens is 160 g/mol. The number of rotatable bonds is 6. The summed E-state index contributed by atoms with van der Waals surface area (Å²) in [6, 6.07) is 0. The maximum absolute atomic E-state index is 5.20. The molecule has 0 bridgehead atoms. The zero-order valence-electron chi connectivity index (χ0n) is 9.01. The summed E-state index contributed by atoms with van der Waals surface area (Å²) in [6.07, 6.45) is 8.12. The lowest BCUT2D eigenvalue weighted by Crippen LogP contribution is -2.20. The minimum Gasteiger partial charge on any atom is -0.297 e. The molecule has 0 heterocycles. The molecular formula is C11H20N2. The highest BCUT2D eigenvalue weighted by atomic mass is 15.4. The van der Waals surface area contributed by atoms with Crippen LogP contribution >= 0.6 is 0 Å². The Morgan fingerprint density at radius 1 is 1.31 bits per heavy atom. The van der Waals surface area contributed by atoms with Gasteiger partial charge in [-0.2, -0.15) is 5.10 Å². The molecule has 0 N–H and O–H groups in total. The highest BCUT2D eigenvalue weighted by Gasteiger charge is 1.98. The summed E-state index contributed by atoms with van der Waals surface area (Å²) in [5, 5.41) is 6.56. The Labute approximate surface area is 82.0 Å². The Bertz CT molecular complexity index is 183. The van der Waals surface area contributed by atoms with Crippen LogP contribution in [0.1, 0.15) is 40.0 Å². The molecule has 74 valence electrons. The van der Waals surface area contributed by atoms with Crippen LogP contribution < -0.4 is 0 Å². The standard InChI is InChI=1S/C11H20N2/c1-5-8-11(4)12-13(9-6-2)10-7-3/h1H,6-10H2,2-4H3. The zero-order chi connectivity index (χ0) is 10.1. The van der Waals surface area contributed by atoms with Crippen LogP contribution in [0.2, 0.25) is 0 Å². The van der Waals surface area contributed by atoms with Crippen molar-refractivity contribution in [1.82, 2.24) is 5.01 Å². The lowest BCUT2D eigenvalue weighted by Gasteiger charge is -2.18. The smallest absolute Gasteiger partial charge is 0.0486 e. The second kappa shape index (κ2) is 7.67. The van der Waals surface area contributed by atoms with E-state index in [0.717, 1.165) is 31.6 Å². The quantitative estimate of drug-likeness (QED) is 0.348. The normalized spacial score (nSPS) is 11.1. The molecule has 0 aliphatic rings. The van der Waals surface area contributed by atoms with Gasteiger partial charge in [0.25, 0.3) is 0 Å². The molecule has 0 radical (unpaired) electrons. The van der Waals surface area contributed by atoms with E-state index in [9.17, 15) is 0 Å². The van der Waals surface area contributed by atoms with Gasteiger partial charge in [-0.3, -0.25) is 5.01 Å². The lowest BCUT2D eigenvalue weighted by atomic mass is 10.3. The molecule has 0 saturated heterocycles. The molecule has 2 nitrogen and oxygen atoms in total. The van der Waals surface area contributed by atoms with E-state index in [1.165, 1.54) is 0 Å². The second-order valence-electron chi connectivity index (χ2n) is 3.17. The van der Waals surface area contributed by atoms with Crippen molar-refractivity contribution in [2.45, 2.75) is 40.0 Å². The van der Waals surface area contributed by atoms with Gasteiger partial charge in [0.15, 0.2) is 0 Å². The first-order chi connectivity index (χ1) is 6.24. The Kier molecular flexibility index (Phi) is 7.10. The summed E-state index contributed by atoms with van der Waals surface area (Å²) < 4.78 is 0. The number of nitrogens with zero attached hydrogens (tertiary/aromatic N) is 2. The summed E-state index contributed by atoms with van der Waals surface area (Å²) in [6.45, 7) is 8.35. The molecule has 0 aromatic carbocycles. The molecule has 0 aromatic rings. The van der Waals surface area contributed by atoms with Gasteiger partial charge in [-0.25, -0.2) is 0 Å². The highest BCUT2D eigenvalue weighted by molar-refractivity contribution is 5.83. The van der Waals surface area contributed by atoms with E-state index >= 15 is 0 Å². The molecule has 0 rings (SSSR count). The zero-order valence-corrected chi connectivity index (χ0v) is 9.01. The molecule has 0 amide bonds. The predicted molar refractivity (Wildman–Crippen MR) is 58.7 cm³/mol. The summed E-state index contributed by atoms with van der Waals surface area (Å²) >= 11 is 0. The fourth-order valence-electron chi connectivity index (χ4n) is 1.15. The van der Waals surface area contributed by atoms with Gasteiger partial charge in [-0.05, 0) is 19.8 Å². The Hall–Kier alpha value is -0.970. The van der Waals surface area contributed by atoms with Crippen molar-refractivity contribution >= 4 is 5.71 Å². The summed E-state index contributed by atoms with van der Waals surface area (Å²) in [5.41, 5.74) is 1.03. The number of terminal acetylenes is 1. The first kappa shape index (κ1) is 12.0. The summed E-state index contributed by atoms with van der Waals surface area (Å²) in [4.78, 5) is 0. The molecule has 0 atom stereocenters. The molecule has 0 unspecified atom stereocenters. The van der Waals surface area contributed by atoms with Crippen LogP contribution in [0, 0.1) is 12.3 Å². The van der Waals surface area contributed by atoms with Crippen molar-refractivity contribution < 1.29 is 0 Å². The van der Waals surface area contributed by atoms with Gasteiger partial charge in [0.2, 0.25) is 0 Å². The fraction of sp³-hybridized carbons (Fsp3) is 0.727. The van der Waals surface area contributed by atoms with Crippen LogP contribution in [-0.2, 0) is 0 Å². The van der Waals surface area contributed by atoms with E-state index in [-0.39, 0.29) is 0 Å². The first-order valence-corrected chi connectivity index (χ1v) is 4.97. The van der Waals surface area contributed by atoms with Crippen molar-refractivity contribution in [1.29, 1.82) is 0 Å². The molecule has 0 fully saturated rings. The predicted octanol–water partition coefficient (Wildman–Crippen LogP) is 2.51. The Balaban J connectivity index is 4.05. The monoisotopic (exact) mass is 180 g/mol. The van der Waals surface area contributed by atoms with E-state index in [4.69, 9.17) is 6.42 Å². The van der Waals surface area contributed by atoms with Gasteiger partial charge in [0.05, 0.1) is 0 Å². The average Bonchev–Trinajstić information content (AvgIpc) is 2.05. The van der Waals surface area contributed by atoms with Gasteiger partial charge in [-0.15, -0.1) is 12.3 Å². The Morgan fingerprint density at radius 3 is 2.23 bits per heavy atom. The second-order valence-corrected chi connectivity index (χ2v) is 3.17. The molecule has 0 saturated carbocycles. The van der Waals surface area contributed by atoms with E-state index in [1.54, 1.807) is 0 Å². The number of hydrogen-bond donors (Lipinski definition) is 0. The third-order valence-electron chi connectivity index (χ3n) is 1.63. The third kappa shape index (κ3) is 6.21. The van der Waals surface area contributed by atoms with E-state index in [0.29, 0.717) is 6.42 Å². The third-order valence-corrected chi connectivity index (χ3v) is 1.63. The van der Waals surface area contributed by atoms with E-state index in [1.807, 2.05) is 6.92 Å². The van der Waals surface area contributed by atoms with Crippen molar-refractivity contribution in [2.75, 3.05) is 13.1 Å². The first-order valence-electron chi connectivity index (χ1n) is 4.97. The lowest BCUT2D eigenvalue weighted by molar-refractivity contribution is 0.288. The molecule has 2 heteroatoms. The van der Waals surface area contributed by atoms with Crippen LogP contribution in [0.15, 0.2) is 5.10 Å². The Morgan fingerprint density at radius 2 is 1.85 bits per heavy atom. The van der Waals surface area contributed by atoms with Gasteiger partial charge >= 0.3 is 0 Å². The molecule has 0 aliphatic carbocycles. The van der Waals surface area contributed by atoms with Crippen molar-refractivity contribution in [3.8, 4) is 12.3 Å². The van der Waals surface area contributed by atoms with Crippen molar-refractivity contribution in [3.05, 3.63) is 0 Å². The van der Waals surface area contributed by atoms with Crippen molar-refractivity contribution in [3.63, 3.8) is 0 Å². The van der Waals surface area contributed by atoms with Crippen LogP contribution in [0.5, 0.6) is 0 Å². The SMILES string of the molecule is C#CCC(C)=NN(CCC)CCC. The largest absolute Gasteiger partial charge is 0.297 e. The van der Waals surface area contributed by atoms with Gasteiger partial charge < -0.3 is 0 Å². The van der Waals surface area contributed by atoms with E-state index in [2.05, 4.69) is 29.9 Å².